The van der Waals surface area contributed by atoms with Crippen LogP contribution in [0, 0.1) is 21.4 Å². The van der Waals surface area contributed by atoms with Crippen molar-refractivity contribution in [1.29, 1.82) is 5.26 Å². The van der Waals surface area contributed by atoms with Crippen molar-refractivity contribution in [2.75, 3.05) is 0 Å². The van der Waals surface area contributed by atoms with Crippen LogP contribution in [0.25, 0.3) is 5.69 Å². The highest BCUT2D eigenvalue weighted by Crippen LogP contribution is 2.14. The first-order valence-corrected chi connectivity index (χ1v) is 4.91. The summed E-state index contributed by atoms with van der Waals surface area (Å²) in [5.74, 6) is 0. The van der Waals surface area contributed by atoms with E-state index >= 15 is 0 Å². The largest absolute Gasteiger partial charge is 0.349 e. The first-order chi connectivity index (χ1) is 9.02. The second-order valence-electron chi connectivity index (χ2n) is 3.41. The summed E-state index contributed by atoms with van der Waals surface area (Å²) in [4.78, 5) is 34.6. The van der Waals surface area contributed by atoms with Gasteiger partial charge in [0.2, 0.25) is 5.69 Å². The minimum absolute atomic E-state index is 0.0759. The zero-order valence-corrected chi connectivity index (χ0v) is 9.23. The van der Waals surface area contributed by atoms with Gasteiger partial charge < -0.3 is 0 Å². The van der Waals surface area contributed by atoms with Gasteiger partial charge in [-0.05, 0) is 6.07 Å². The number of nitrogens with zero attached hydrogens (tertiary/aromatic N) is 4. The SMILES string of the molecule is N#Cc1nn(-c2cccc([N+](=O)[O-])c2)c(=O)[nH]c1=O. The number of nitrogens with one attached hydrogen (secondary N) is 1. The van der Waals surface area contributed by atoms with Gasteiger partial charge >= 0.3 is 5.69 Å². The number of nitro benzene ring substituents is 1. The van der Waals surface area contributed by atoms with Gasteiger partial charge in [0.1, 0.15) is 6.07 Å². The lowest BCUT2D eigenvalue weighted by Crippen LogP contribution is -2.33. The van der Waals surface area contributed by atoms with Crippen molar-refractivity contribution in [3.63, 3.8) is 0 Å². The monoisotopic (exact) mass is 259 g/mol. The number of benzene rings is 1. The van der Waals surface area contributed by atoms with E-state index < -0.39 is 21.9 Å². The average molecular weight is 259 g/mol. The summed E-state index contributed by atoms with van der Waals surface area (Å²) >= 11 is 0. The molecule has 0 unspecified atom stereocenters. The molecule has 9 heteroatoms. The number of aromatic nitrogens is 3. The number of non-ortho nitro benzene ring substituents is 1. The molecule has 0 aliphatic carbocycles. The molecule has 1 aromatic heterocycles. The van der Waals surface area contributed by atoms with Gasteiger partial charge in [0.05, 0.1) is 10.6 Å². The maximum atomic E-state index is 11.6. The third kappa shape index (κ3) is 2.22. The highest BCUT2D eigenvalue weighted by atomic mass is 16.6. The standard InChI is InChI=1S/C10H5N5O4/c11-5-8-9(16)12-10(17)14(13-8)6-2-1-3-7(4-6)15(18)19/h1-4H,(H,12,16,17). The number of aromatic amines is 1. The Kier molecular flexibility index (Phi) is 2.91. The molecule has 0 fully saturated rings. The van der Waals surface area contributed by atoms with Gasteiger partial charge in [-0.1, -0.05) is 6.07 Å². The molecule has 0 bridgehead atoms. The molecule has 0 aliphatic heterocycles. The van der Waals surface area contributed by atoms with Crippen molar-refractivity contribution in [2.45, 2.75) is 0 Å². The van der Waals surface area contributed by atoms with Crippen LogP contribution in [0.5, 0.6) is 0 Å². The summed E-state index contributed by atoms with van der Waals surface area (Å²) in [7, 11) is 0. The van der Waals surface area contributed by atoms with E-state index in [0.29, 0.717) is 4.68 Å². The van der Waals surface area contributed by atoms with E-state index in [1.54, 1.807) is 0 Å². The molecule has 0 spiro atoms. The van der Waals surface area contributed by atoms with Gasteiger partial charge in [0, 0.05) is 12.1 Å². The fourth-order valence-electron chi connectivity index (χ4n) is 1.39. The van der Waals surface area contributed by atoms with E-state index in [2.05, 4.69) is 5.10 Å². The molecule has 1 aromatic carbocycles. The van der Waals surface area contributed by atoms with E-state index in [-0.39, 0.29) is 11.4 Å². The van der Waals surface area contributed by atoms with Gasteiger partial charge in [0.25, 0.3) is 11.2 Å². The van der Waals surface area contributed by atoms with Crippen LogP contribution in [0.2, 0.25) is 0 Å². The lowest BCUT2D eigenvalue weighted by Gasteiger charge is -2.03. The number of nitro groups is 1. The quantitative estimate of drug-likeness (QED) is 0.581. The normalized spacial score (nSPS) is 9.84. The summed E-state index contributed by atoms with van der Waals surface area (Å²) in [6.45, 7) is 0. The fourth-order valence-corrected chi connectivity index (χ4v) is 1.39. The van der Waals surface area contributed by atoms with Crippen LogP contribution in [0.15, 0.2) is 33.9 Å². The van der Waals surface area contributed by atoms with Crippen LogP contribution in [-0.2, 0) is 0 Å². The van der Waals surface area contributed by atoms with Crippen molar-refractivity contribution in [1.82, 2.24) is 14.8 Å². The van der Waals surface area contributed by atoms with Crippen molar-refractivity contribution in [2.24, 2.45) is 0 Å². The van der Waals surface area contributed by atoms with Gasteiger partial charge in [-0.2, -0.15) is 9.94 Å². The topological polar surface area (TPSA) is 135 Å². The Bertz CT molecular complexity index is 814. The van der Waals surface area contributed by atoms with Crippen molar-refractivity contribution in [3.05, 3.63) is 60.9 Å². The molecule has 0 saturated carbocycles. The Morgan fingerprint density at radius 2 is 2.16 bits per heavy atom. The van der Waals surface area contributed by atoms with Crippen LogP contribution in [0.4, 0.5) is 5.69 Å². The lowest BCUT2D eigenvalue weighted by molar-refractivity contribution is -0.384. The molecule has 1 heterocycles. The maximum Gasteiger partial charge on any atom is 0.349 e. The first kappa shape index (κ1) is 12.2. The fraction of sp³-hybridized carbons (Fsp3) is 0. The van der Waals surface area contributed by atoms with E-state index in [0.717, 1.165) is 6.07 Å². The minimum Gasteiger partial charge on any atom is -0.270 e. The van der Waals surface area contributed by atoms with Crippen molar-refractivity contribution in [3.8, 4) is 11.8 Å². The maximum absolute atomic E-state index is 11.6. The first-order valence-electron chi connectivity index (χ1n) is 4.91. The molecule has 2 aromatic rings. The predicted molar refractivity (Wildman–Crippen MR) is 61.8 cm³/mol. The second-order valence-corrected chi connectivity index (χ2v) is 3.41. The number of hydrogen-bond acceptors (Lipinski definition) is 6. The molecular weight excluding hydrogens is 254 g/mol. The smallest absolute Gasteiger partial charge is 0.270 e. The molecule has 0 atom stereocenters. The van der Waals surface area contributed by atoms with Crippen LogP contribution in [-0.4, -0.2) is 19.7 Å². The molecule has 0 aliphatic rings. The molecule has 0 saturated heterocycles. The number of nitriles is 1. The lowest BCUT2D eigenvalue weighted by atomic mass is 10.3. The van der Waals surface area contributed by atoms with Crippen LogP contribution in [0.1, 0.15) is 5.69 Å². The van der Waals surface area contributed by atoms with E-state index in [1.807, 2.05) is 4.98 Å². The van der Waals surface area contributed by atoms with Gasteiger partial charge in [-0.25, -0.2) is 4.79 Å². The molecular formula is C10H5N5O4. The Morgan fingerprint density at radius 3 is 2.79 bits per heavy atom. The molecule has 1 N–H and O–H groups in total. The summed E-state index contributed by atoms with van der Waals surface area (Å²) < 4.78 is 0.715. The zero-order valence-electron chi connectivity index (χ0n) is 9.23. The van der Waals surface area contributed by atoms with E-state index in [9.17, 15) is 19.7 Å². The number of rotatable bonds is 2. The van der Waals surface area contributed by atoms with Gasteiger partial charge in [-0.15, -0.1) is 5.10 Å². The highest BCUT2D eigenvalue weighted by molar-refractivity contribution is 5.42. The van der Waals surface area contributed by atoms with Crippen LogP contribution in [0.3, 0.4) is 0 Å². The van der Waals surface area contributed by atoms with Gasteiger partial charge in [0.15, 0.2) is 0 Å². The minimum atomic E-state index is -0.908. The molecule has 94 valence electrons. The Morgan fingerprint density at radius 1 is 1.42 bits per heavy atom. The third-order valence-corrected chi connectivity index (χ3v) is 2.22. The highest BCUT2D eigenvalue weighted by Gasteiger charge is 2.11. The zero-order chi connectivity index (χ0) is 14.0. The second kappa shape index (κ2) is 4.53. The molecule has 0 radical (unpaired) electrons. The van der Waals surface area contributed by atoms with E-state index in [1.165, 1.54) is 24.3 Å². The van der Waals surface area contributed by atoms with Crippen LogP contribution >= 0.6 is 0 Å². The number of H-pyrrole nitrogens is 1. The number of hydrogen-bond donors (Lipinski definition) is 1. The molecule has 19 heavy (non-hydrogen) atoms. The Labute approximate surface area is 104 Å². The summed E-state index contributed by atoms with van der Waals surface area (Å²) in [5.41, 5.74) is -2.47. The average Bonchev–Trinajstić information content (AvgIpc) is 2.39. The predicted octanol–water partition coefficient (Wildman–Crippen LogP) is -0.299. The Balaban J connectivity index is 2.69. The summed E-state index contributed by atoms with van der Waals surface area (Å²) in [6, 6.07) is 6.62. The molecule has 2 rings (SSSR count). The Hall–Kier alpha value is -3.28. The summed E-state index contributed by atoms with van der Waals surface area (Å²) in [6.07, 6.45) is 0. The van der Waals surface area contributed by atoms with Crippen molar-refractivity contribution >= 4 is 5.69 Å². The van der Waals surface area contributed by atoms with Crippen molar-refractivity contribution < 1.29 is 4.92 Å². The van der Waals surface area contributed by atoms with E-state index in [4.69, 9.17) is 5.26 Å². The van der Waals surface area contributed by atoms with Crippen LogP contribution < -0.4 is 11.2 Å². The molecule has 9 nitrogen and oxygen atoms in total. The van der Waals surface area contributed by atoms with Gasteiger partial charge in [-0.3, -0.25) is 19.9 Å². The molecule has 0 amide bonds. The third-order valence-electron chi connectivity index (χ3n) is 2.22. The summed E-state index contributed by atoms with van der Waals surface area (Å²) in [5, 5.41) is 22.8.